The number of hydrogen-bond donors (Lipinski definition) is 1. The van der Waals surface area contributed by atoms with Crippen LogP contribution in [-0.2, 0) is 13.0 Å². The minimum absolute atomic E-state index is 0.652. The van der Waals surface area contributed by atoms with E-state index in [1.807, 2.05) is 6.07 Å². The Labute approximate surface area is 88.2 Å². The Balaban J connectivity index is 2.11. The summed E-state index contributed by atoms with van der Waals surface area (Å²) in [6, 6.07) is 12.7. The molecule has 0 unspecified atom stereocenters. The van der Waals surface area contributed by atoms with Gasteiger partial charge in [0, 0.05) is 11.4 Å². The van der Waals surface area contributed by atoms with Gasteiger partial charge in [0.15, 0.2) is 0 Å². The van der Waals surface area contributed by atoms with Gasteiger partial charge in [0.25, 0.3) is 0 Å². The first-order chi connectivity index (χ1) is 6.88. The van der Waals surface area contributed by atoms with Crippen molar-refractivity contribution >= 4 is 11.3 Å². The second-order valence-electron chi connectivity index (χ2n) is 3.29. The van der Waals surface area contributed by atoms with Gasteiger partial charge in [-0.15, -0.1) is 11.3 Å². The fourth-order valence-electron chi connectivity index (χ4n) is 1.46. The number of benzene rings is 1. The van der Waals surface area contributed by atoms with E-state index >= 15 is 0 Å². The van der Waals surface area contributed by atoms with Crippen molar-refractivity contribution in [2.75, 3.05) is 0 Å². The van der Waals surface area contributed by atoms with Crippen LogP contribution in [0.1, 0.15) is 16.0 Å². The molecule has 1 heterocycles. The van der Waals surface area contributed by atoms with Gasteiger partial charge in [-0.2, -0.15) is 0 Å². The highest BCUT2D eigenvalue weighted by Crippen LogP contribution is 2.17. The Morgan fingerprint density at radius 3 is 2.50 bits per heavy atom. The second-order valence-corrected chi connectivity index (χ2v) is 4.28. The van der Waals surface area contributed by atoms with E-state index < -0.39 is 0 Å². The molecule has 1 aromatic carbocycles. The van der Waals surface area contributed by atoms with Crippen LogP contribution in [0.3, 0.4) is 0 Å². The summed E-state index contributed by atoms with van der Waals surface area (Å²) in [4.78, 5) is 1.26. The third-order valence-corrected chi connectivity index (χ3v) is 3.17. The van der Waals surface area contributed by atoms with Crippen LogP contribution in [0.15, 0.2) is 41.8 Å². The van der Waals surface area contributed by atoms with Crippen LogP contribution in [0.4, 0.5) is 0 Å². The molecule has 72 valence electrons. The summed E-state index contributed by atoms with van der Waals surface area (Å²) < 4.78 is 0. The van der Waals surface area contributed by atoms with Gasteiger partial charge in [0.2, 0.25) is 0 Å². The molecule has 0 spiro atoms. The molecule has 2 N–H and O–H groups in total. The monoisotopic (exact) mass is 203 g/mol. The lowest BCUT2D eigenvalue weighted by Crippen LogP contribution is -1.92. The summed E-state index contributed by atoms with van der Waals surface area (Å²) in [5.41, 5.74) is 8.29. The molecule has 2 aromatic rings. The minimum Gasteiger partial charge on any atom is -0.326 e. The normalized spacial score (nSPS) is 10.4. The molecule has 2 rings (SSSR count). The third kappa shape index (κ3) is 2.22. The molecule has 0 atom stereocenters. The summed E-state index contributed by atoms with van der Waals surface area (Å²) in [7, 11) is 0. The highest BCUT2D eigenvalue weighted by Gasteiger charge is 1.99. The Kier molecular flexibility index (Phi) is 2.96. The number of thiophene rings is 1. The largest absolute Gasteiger partial charge is 0.326 e. The average molecular weight is 203 g/mol. The van der Waals surface area contributed by atoms with Gasteiger partial charge in [-0.1, -0.05) is 30.3 Å². The molecule has 0 aliphatic heterocycles. The fraction of sp³-hybridized carbons (Fsp3) is 0.167. The van der Waals surface area contributed by atoms with Crippen LogP contribution in [-0.4, -0.2) is 0 Å². The van der Waals surface area contributed by atoms with Gasteiger partial charge in [-0.05, 0) is 29.0 Å². The van der Waals surface area contributed by atoms with Gasteiger partial charge in [0.1, 0.15) is 0 Å². The van der Waals surface area contributed by atoms with Gasteiger partial charge in [-0.25, -0.2) is 0 Å². The lowest BCUT2D eigenvalue weighted by Gasteiger charge is -1.96. The van der Waals surface area contributed by atoms with Crippen molar-refractivity contribution in [2.24, 2.45) is 5.73 Å². The minimum atomic E-state index is 0.652. The van der Waals surface area contributed by atoms with Gasteiger partial charge in [-0.3, -0.25) is 0 Å². The van der Waals surface area contributed by atoms with Crippen molar-refractivity contribution < 1.29 is 0 Å². The molecule has 0 aliphatic rings. The quantitative estimate of drug-likeness (QED) is 0.815. The van der Waals surface area contributed by atoms with E-state index in [-0.39, 0.29) is 0 Å². The molecule has 0 fully saturated rings. The predicted molar refractivity (Wildman–Crippen MR) is 61.5 cm³/mol. The lowest BCUT2D eigenvalue weighted by molar-refractivity contribution is 1.10. The van der Waals surface area contributed by atoms with E-state index in [2.05, 4.69) is 35.7 Å². The topological polar surface area (TPSA) is 26.0 Å². The molecular weight excluding hydrogens is 190 g/mol. The molecule has 2 heteroatoms. The van der Waals surface area contributed by atoms with Gasteiger partial charge >= 0.3 is 0 Å². The molecule has 0 aliphatic carbocycles. The molecule has 0 bridgehead atoms. The molecule has 1 nitrogen and oxygen atoms in total. The number of hydrogen-bond acceptors (Lipinski definition) is 2. The Morgan fingerprint density at radius 2 is 1.86 bits per heavy atom. The highest BCUT2D eigenvalue weighted by molar-refractivity contribution is 7.10. The van der Waals surface area contributed by atoms with Crippen LogP contribution in [0.25, 0.3) is 0 Å². The van der Waals surface area contributed by atoms with Crippen molar-refractivity contribution in [3.8, 4) is 0 Å². The zero-order chi connectivity index (χ0) is 9.80. The van der Waals surface area contributed by atoms with E-state index in [0.29, 0.717) is 6.54 Å². The van der Waals surface area contributed by atoms with E-state index in [0.717, 1.165) is 6.42 Å². The second kappa shape index (κ2) is 4.40. The summed E-state index contributed by atoms with van der Waals surface area (Å²) in [5, 5.41) is 2.19. The molecule has 0 saturated carbocycles. The van der Waals surface area contributed by atoms with Crippen molar-refractivity contribution in [3.63, 3.8) is 0 Å². The average Bonchev–Trinajstić information content (AvgIpc) is 2.67. The maximum Gasteiger partial charge on any atom is 0.0273 e. The number of nitrogens with two attached hydrogens (primary N) is 1. The van der Waals surface area contributed by atoms with Crippen LogP contribution >= 0.6 is 11.3 Å². The Hall–Kier alpha value is -1.12. The third-order valence-electron chi connectivity index (χ3n) is 2.16. The van der Waals surface area contributed by atoms with Gasteiger partial charge in [0.05, 0.1) is 0 Å². The first-order valence-electron chi connectivity index (χ1n) is 4.69. The van der Waals surface area contributed by atoms with Crippen LogP contribution in [0, 0.1) is 0 Å². The van der Waals surface area contributed by atoms with E-state index in [1.165, 1.54) is 16.0 Å². The molecule has 0 saturated heterocycles. The molecule has 0 radical (unpaired) electrons. The summed E-state index contributed by atoms with van der Waals surface area (Å²) in [6.45, 7) is 0.652. The van der Waals surface area contributed by atoms with Crippen molar-refractivity contribution in [1.29, 1.82) is 0 Å². The fourth-order valence-corrected chi connectivity index (χ4v) is 2.23. The van der Waals surface area contributed by atoms with Crippen molar-refractivity contribution in [2.45, 2.75) is 13.0 Å². The smallest absolute Gasteiger partial charge is 0.0273 e. The van der Waals surface area contributed by atoms with Crippen LogP contribution in [0.2, 0.25) is 0 Å². The predicted octanol–water partition coefficient (Wildman–Crippen LogP) is 2.80. The zero-order valence-electron chi connectivity index (χ0n) is 7.94. The maximum absolute atomic E-state index is 5.57. The zero-order valence-corrected chi connectivity index (χ0v) is 8.76. The first-order valence-corrected chi connectivity index (χ1v) is 5.57. The van der Waals surface area contributed by atoms with Gasteiger partial charge < -0.3 is 5.73 Å². The summed E-state index contributed by atoms with van der Waals surface area (Å²) >= 11 is 1.74. The van der Waals surface area contributed by atoms with Crippen LogP contribution < -0.4 is 5.73 Å². The number of rotatable bonds is 3. The molecule has 0 amide bonds. The highest BCUT2D eigenvalue weighted by atomic mass is 32.1. The SMILES string of the molecule is NCc1cc(Cc2ccccc2)cs1. The molecule has 14 heavy (non-hydrogen) atoms. The molecular formula is C12H13NS. The van der Waals surface area contributed by atoms with Crippen molar-refractivity contribution in [3.05, 3.63) is 57.8 Å². The Bertz CT molecular complexity index is 392. The van der Waals surface area contributed by atoms with Crippen molar-refractivity contribution in [1.82, 2.24) is 0 Å². The molecule has 1 aromatic heterocycles. The first kappa shape index (κ1) is 9.44. The standard InChI is InChI=1S/C12H13NS/c13-8-12-7-11(9-14-12)6-10-4-2-1-3-5-10/h1-5,7,9H,6,8,13H2. The maximum atomic E-state index is 5.57. The Morgan fingerprint density at radius 1 is 1.07 bits per heavy atom. The van der Waals surface area contributed by atoms with E-state index in [9.17, 15) is 0 Å². The van der Waals surface area contributed by atoms with E-state index in [4.69, 9.17) is 5.73 Å². The van der Waals surface area contributed by atoms with E-state index in [1.54, 1.807) is 11.3 Å². The summed E-state index contributed by atoms with van der Waals surface area (Å²) in [6.07, 6.45) is 1.01. The summed E-state index contributed by atoms with van der Waals surface area (Å²) in [5.74, 6) is 0. The lowest BCUT2D eigenvalue weighted by atomic mass is 10.1. The van der Waals surface area contributed by atoms with Crippen LogP contribution in [0.5, 0.6) is 0 Å².